The summed E-state index contributed by atoms with van der Waals surface area (Å²) in [6.45, 7) is 6.93. The molecule has 1 aromatic heterocycles. The first-order valence-corrected chi connectivity index (χ1v) is 8.39. The number of ether oxygens (including phenoxy) is 1. The number of aromatic nitrogens is 1. The van der Waals surface area contributed by atoms with E-state index < -0.39 is 5.97 Å². The first-order valence-electron chi connectivity index (χ1n) is 8.01. The molecule has 2 N–H and O–H groups in total. The van der Waals surface area contributed by atoms with Crippen molar-refractivity contribution in [3.8, 4) is 0 Å². The molecular weight excluding hydrogens is 330 g/mol. The highest BCUT2D eigenvalue weighted by molar-refractivity contribution is 6.31. The Hall–Kier alpha value is -1.89. The number of nitrogens with one attached hydrogen (secondary N) is 2. The molecule has 7 heteroatoms. The van der Waals surface area contributed by atoms with Crippen molar-refractivity contribution >= 4 is 34.2 Å². The van der Waals surface area contributed by atoms with Crippen LogP contribution in [0.3, 0.4) is 0 Å². The number of benzene rings is 1. The molecule has 128 valence electrons. The van der Waals surface area contributed by atoms with Gasteiger partial charge >= 0.3 is 0 Å². The number of halogens is 1. The minimum atomic E-state index is -1.25. The third-order valence-electron chi connectivity index (χ3n) is 4.33. The van der Waals surface area contributed by atoms with Crippen LogP contribution >= 0.6 is 11.6 Å². The van der Waals surface area contributed by atoms with Gasteiger partial charge in [-0.3, -0.25) is 4.98 Å². The fraction of sp³-hybridized carbons (Fsp3) is 0.412. The molecule has 3 rings (SSSR count). The number of aryl methyl sites for hydroxylation is 1. The molecule has 6 nitrogen and oxygen atoms in total. The fourth-order valence-corrected chi connectivity index (χ4v) is 3.33. The molecule has 1 saturated heterocycles. The molecular formula is C17H20ClN3O3. The lowest BCUT2D eigenvalue weighted by molar-refractivity contribution is -0.906. The molecule has 0 bridgehead atoms. The lowest BCUT2D eigenvalue weighted by Gasteiger charge is -2.24. The van der Waals surface area contributed by atoms with Crippen molar-refractivity contribution < 1.29 is 19.5 Å². The first-order chi connectivity index (χ1) is 11.6. The van der Waals surface area contributed by atoms with Gasteiger partial charge in [0.15, 0.2) is 0 Å². The third-order valence-corrected chi connectivity index (χ3v) is 4.55. The van der Waals surface area contributed by atoms with Crippen molar-refractivity contribution in [3.05, 3.63) is 34.5 Å². The summed E-state index contributed by atoms with van der Waals surface area (Å²) in [6.07, 6.45) is 1.35. The molecule has 1 fully saturated rings. The maximum absolute atomic E-state index is 11.5. The SMILES string of the molecule is Cc1cc(Cl)cc2c(NCC[NH+]3CCOCC3)c(C(=O)[O-])cnc12. The summed E-state index contributed by atoms with van der Waals surface area (Å²) in [6, 6.07) is 3.56. The van der Waals surface area contributed by atoms with E-state index in [0.717, 1.165) is 43.9 Å². The molecule has 24 heavy (non-hydrogen) atoms. The molecule has 1 aliphatic heterocycles. The fourth-order valence-electron chi connectivity index (χ4n) is 3.06. The Balaban J connectivity index is 1.88. The molecule has 0 atom stereocenters. The molecule has 0 unspecified atom stereocenters. The van der Waals surface area contributed by atoms with E-state index >= 15 is 0 Å². The Morgan fingerprint density at radius 2 is 2.17 bits per heavy atom. The Labute approximate surface area is 145 Å². The Morgan fingerprint density at radius 3 is 2.88 bits per heavy atom. The van der Waals surface area contributed by atoms with Crippen LogP contribution < -0.4 is 15.3 Å². The van der Waals surface area contributed by atoms with Crippen molar-refractivity contribution in [3.63, 3.8) is 0 Å². The lowest BCUT2D eigenvalue weighted by Crippen LogP contribution is -3.14. The molecule has 0 aliphatic carbocycles. The summed E-state index contributed by atoms with van der Waals surface area (Å²) in [5.41, 5.74) is 2.23. The monoisotopic (exact) mass is 349 g/mol. The summed E-state index contributed by atoms with van der Waals surface area (Å²) in [7, 11) is 0. The smallest absolute Gasteiger partial charge is 0.101 e. The molecule has 1 aromatic carbocycles. The average molecular weight is 350 g/mol. The molecule has 1 aliphatic rings. The highest BCUT2D eigenvalue weighted by Gasteiger charge is 2.15. The van der Waals surface area contributed by atoms with E-state index in [9.17, 15) is 9.90 Å². The van der Waals surface area contributed by atoms with E-state index in [1.54, 1.807) is 6.07 Å². The van der Waals surface area contributed by atoms with E-state index in [-0.39, 0.29) is 5.56 Å². The second-order valence-corrected chi connectivity index (χ2v) is 6.43. The molecule has 0 radical (unpaired) electrons. The maximum atomic E-state index is 11.5. The number of quaternary nitrogens is 1. The number of anilines is 1. The van der Waals surface area contributed by atoms with Gasteiger partial charge in [-0.1, -0.05) is 11.6 Å². The Morgan fingerprint density at radius 1 is 1.42 bits per heavy atom. The molecule has 2 heterocycles. The van der Waals surface area contributed by atoms with Crippen LogP contribution in [0.5, 0.6) is 0 Å². The standard InChI is InChI=1S/C17H20ClN3O3/c1-11-8-12(18)9-13-15(11)20-10-14(17(22)23)16(13)19-2-3-21-4-6-24-7-5-21/h8-10H,2-7H2,1H3,(H,19,20)(H,22,23). The van der Waals surface area contributed by atoms with E-state index in [0.29, 0.717) is 22.6 Å². The maximum Gasteiger partial charge on any atom is 0.101 e. The zero-order chi connectivity index (χ0) is 17.1. The van der Waals surface area contributed by atoms with E-state index in [1.807, 2.05) is 13.0 Å². The second-order valence-electron chi connectivity index (χ2n) is 5.99. The van der Waals surface area contributed by atoms with Crippen LogP contribution in [0, 0.1) is 6.92 Å². The number of aromatic carboxylic acids is 1. The van der Waals surface area contributed by atoms with Crippen molar-refractivity contribution in [1.82, 2.24) is 4.98 Å². The van der Waals surface area contributed by atoms with Gasteiger partial charge in [-0.2, -0.15) is 0 Å². The number of pyridine rings is 1. The summed E-state index contributed by atoms with van der Waals surface area (Å²) in [4.78, 5) is 17.2. The third kappa shape index (κ3) is 3.61. The number of nitrogens with zero attached hydrogens (tertiary/aromatic N) is 1. The highest BCUT2D eigenvalue weighted by Crippen LogP contribution is 2.30. The van der Waals surface area contributed by atoms with Crippen molar-refractivity contribution in [2.45, 2.75) is 6.92 Å². The molecule has 0 saturated carbocycles. The van der Waals surface area contributed by atoms with Crippen LogP contribution in [0.1, 0.15) is 15.9 Å². The van der Waals surface area contributed by atoms with Crippen LogP contribution in [-0.4, -0.2) is 50.3 Å². The van der Waals surface area contributed by atoms with Crippen LogP contribution in [0.15, 0.2) is 18.3 Å². The summed E-state index contributed by atoms with van der Waals surface area (Å²) in [5, 5.41) is 16.0. The zero-order valence-corrected chi connectivity index (χ0v) is 14.3. The molecule has 0 spiro atoms. The van der Waals surface area contributed by atoms with Gasteiger partial charge in [0.1, 0.15) is 13.1 Å². The Bertz CT molecular complexity index is 760. The number of rotatable bonds is 5. The normalized spacial score (nSPS) is 15.6. The second kappa shape index (κ2) is 7.34. The van der Waals surface area contributed by atoms with Crippen LogP contribution in [0.4, 0.5) is 5.69 Å². The van der Waals surface area contributed by atoms with Gasteiger partial charge in [0.25, 0.3) is 0 Å². The lowest BCUT2D eigenvalue weighted by atomic mass is 10.1. The number of hydrogen-bond donors (Lipinski definition) is 2. The van der Waals surface area contributed by atoms with Gasteiger partial charge < -0.3 is 24.9 Å². The quantitative estimate of drug-likeness (QED) is 0.787. The van der Waals surface area contributed by atoms with E-state index in [4.69, 9.17) is 16.3 Å². The van der Waals surface area contributed by atoms with Crippen molar-refractivity contribution in [1.29, 1.82) is 0 Å². The zero-order valence-electron chi connectivity index (χ0n) is 13.5. The van der Waals surface area contributed by atoms with Gasteiger partial charge in [-0.25, -0.2) is 0 Å². The minimum Gasteiger partial charge on any atom is -0.545 e. The number of carbonyl (C=O) groups is 1. The van der Waals surface area contributed by atoms with Gasteiger partial charge in [0.05, 0.1) is 43.5 Å². The minimum absolute atomic E-state index is 0.0566. The molecule has 2 aromatic rings. The van der Waals surface area contributed by atoms with Gasteiger partial charge in [-0.05, 0) is 24.6 Å². The number of carbonyl (C=O) groups excluding carboxylic acids is 1. The van der Waals surface area contributed by atoms with Gasteiger partial charge in [0, 0.05) is 22.2 Å². The predicted octanol–water partition coefficient (Wildman–Crippen LogP) is -0.113. The van der Waals surface area contributed by atoms with Gasteiger partial charge in [0.2, 0.25) is 0 Å². The number of morpholine rings is 1. The summed E-state index contributed by atoms with van der Waals surface area (Å²) < 4.78 is 5.35. The highest BCUT2D eigenvalue weighted by atomic mass is 35.5. The van der Waals surface area contributed by atoms with Crippen molar-refractivity contribution in [2.75, 3.05) is 44.7 Å². The molecule has 0 amide bonds. The average Bonchev–Trinajstić information content (AvgIpc) is 2.55. The topological polar surface area (TPSA) is 78.7 Å². The first kappa shape index (κ1) is 17.0. The van der Waals surface area contributed by atoms with Crippen LogP contribution in [0.2, 0.25) is 5.02 Å². The Kier molecular flexibility index (Phi) is 5.18. The number of carboxylic acid groups (broad SMARTS) is 1. The number of hydrogen-bond acceptors (Lipinski definition) is 5. The number of carboxylic acids is 1. The van der Waals surface area contributed by atoms with E-state index in [2.05, 4.69) is 10.3 Å². The summed E-state index contributed by atoms with van der Waals surface area (Å²) >= 11 is 6.15. The van der Waals surface area contributed by atoms with Gasteiger partial charge in [-0.15, -0.1) is 0 Å². The summed E-state index contributed by atoms with van der Waals surface area (Å²) in [5.74, 6) is -1.25. The van der Waals surface area contributed by atoms with Crippen LogP contribution in [-0.2, 0) is 4.74 Å². The van der Waals surface area contributed by atoms with E-state index in [1.165, 1.54) is 11.1 Å². The van der Waals surface area contributed by atoms with Crippen LogP contribution in [0.25, 0.3) is 10.9 Å². The predicted molar refractivity (Wildman–Crippen MR) is 90.7 cm³/mol. The van der Waals surface area contributed by atoms with Crippen molar-refractivity contribution in [2.24, 2.45) is 0 Å². The number of fused-ring (bicyclic) bond motifs is 1. The largest absolute Gasteiger partial charge is 0.545 e.